The van der Waals surface area contributed by atoms with Crippen molar-refractivity contribution in [2.45, 2.75) is 23.6 Å². The molecule has 0 unspecified atom stereocenters. The molecule has 0 radical (unpaired) electrons. The monoisotopic (exact) mass is 300 g/mol. The van der Waals surface area contributed by atoms with Gasteiger partial charge in [-0.25, -0.2) is 0 Å². The number of carbonyl (C=O) groups is 1. The number of anilines is 1. The van der Waals surface area contributed by atoms with Gasteiger partial charge in [-0.05, 0) is 49.2 Å². The van der Waals surface area contributed by atoms with E-state index in [4.69, 9.17) is 5.73 Å². The van der Waals surface area contributed by atoms with Gasteiger partial charge < -0.3 is 10.6 Å². The Morgan fingerprint density at radius 3 is 2.43 bits per heavy atom. The van der Waals surface area contributed by atoms with Crippen molar-refractivity contribution < 1.29 is 4.79 Å². The van der Waals surface area contributed by atoms with Gasteiger partial charge in [0, 0.05) is 35.1 Å². The third kappa shape index (κ3) is 3.58. The SMILES string of the molecule is Cc1ccc(C)c(Sc2cc(C(=O)N(C)C)ccc2N)c1. The van der Waals surface area contributed by atoms with Crippen LogP contribution in [0.15, 0.2) is 46.2 Å². The van der Waals surface area contributed by atoms with Crippen molar-refractivity contribution in [1.29, 1.82) is 0 Å². The summed E-state index contributed by atoms with van der Waals surface area (Å²) in [5.74, 6) is -0.0159. The molecule has 0 saturated heterocycles. The van der Waals surface area contributed by atoms with E-state index in [0.717, 1.165) is 9.79 Å². The van der Waals surface area contributed by atoms with Gasteiger partial charge in [0.15, 0.2) is 0 Å². The third-order valence-corrected chi connectivity index (χ3v) is 4.46. The number of benzene rings is 2. The molecule has 0 spiro atoms. The molecule has 0 bridgehead atoms. The van der Waals surface area contributed by atoms with Crippen LogP contribution in [0.5, 0.6) is 0 Å². The highest BCUT2D eigenvalue weighted by atomic mass is 32.2. The van der Waals surface area contributed by atoms with Crippen molar-refractivity contribution in [3.05, 3.63) is 53.1 Å². The average Bonchev–Trinajstić information content (AvgIpc) is 2.44. The zero-order chi connectivity index (χ0) is 15.6. The molecule has 0 aliphatic heterocycles. The molecule has 0 aromatic heterocycles. The molecule has 2 aromatic rings. The molecule has 0 fully saturated rings. The minimum Gasteiger partial charge on any atom is -0.398 e. The maximum atomic E-state index is 12.1. The standard InChI is InChI=1S/C17H20N2OS/c1-11-5-6-12(2)15(9-11)21-16-10-13(7-8-14(16)18)17(20)19(3)4/h5-10H,18H2,1-4H3. The summed E-state index contributed by atoms with van der Waals surface area (Å²) >= 11 is 1.60. The number of nitrogens with zero attached hydrogens (tertiary/aromatic N) is 1. The normalized spacial score (nSPS) is 10.5. The first-order valence-electron chi connectivity index (χ1n) is 6.75. The van der Waals surface area contributed by atoms with E-state index >= 15 is 0 Å². The van der Waals surface area contributed by atoms with E-state index in [1.54, 1.807) is 42.9 Å². The van der Waals surface area contributed by atoms with E-state index in [1.165, 1.54) is 11.1 Å². The van der Waals surface area contributed by atoms with E-state index in [-0.39, 0.29) is 5.91 Å². The van der Waals surface area contributed by atoms with Crippen molar-refractivity contribution in [2.75, 3.05) is 19.8 Å². The Hall–Kier alpha value is -1.94. The van der Waals surface area contributed by atoms with Crippen molar-refractivity contribution in [2.24, 2.45) is 0 Å². The Balaban J connectivity index is 2.37. The maximum Gasteiger partial charge on any atom is 0.253 e. The summed E-state index contributed by atoms with van der Waals surface area (Å²) in [6, 6.07) is 11.8. The van der Waals surface area contributed by atoms with E-state index in [0.29, 0.717) is 11.3 Å². The van der Waals surface area contributed by atoms with Crippen LogP contribution in [0.4, 0.5) is 5.69 Å². The lowest BCUT2D eigenvalue weighted by molar-refractivity contribution is 0.0827. The minimum absolute atomic E-state index is 0.0159. The molecular weight excluding hydrogens is 280 g/mol. The molecule has 110 valence electrons. The highest BCUT2D eigenvalue weighted by Crippen LogP contribution is 2.35. The number of nitrogen functional groups attached to an aromatic ring is 1. The van der Waals surface area contributed by atoms with Gasteiger partial charge in [-0.3, -0.25) is 4.79 Å². The molecule has 0 atom stereocenters. The lowest BCUT2D eigenvalue weighted by Crippen LogP contribution is -2.21. The average molecular weight is 300 g/mol. The van der Waals surface area contributed by atoms with Crippen molar-refractivity contribution in [3.63, 3.8) is 0 Å². The first-order chi connectivity index (χ1) is 9.88. The quantitative estimate of drug-likeness (QED) is 0.878. The molecule has 0 saturated carbocycles. The van der Waals surface area contributed by atoms with Crippen LogP contribution in [0.3, 0.4) is 0 Å². The van der Waals surface area contributed by atoms with Crippen LogP contribution in [0.2, 0.25) is 0 Å². The lowest BCUT2D eigenvalue weighted by atomic mass is 10.2. The van der Waals surface area contributed by atoms with Gasteiger partial charge in [0.05, 0.1) is 0 Å². The summed E-state index contributed by atoms with van der Waals surface area (Å²) in [7, 11) is 3.49. The van der Waals surface area contributed by atoms with Gasteiger partial charge in [-0.15, -0.1) is 0 Å². The molecule has 1 amide bonds. The molecule has 4 heteroatoms. The van der Waals surface area contributed by atoms with Gasteiger partial charge in [-0.1, -0.05) is 23.9 Å². The Labute approximate surface area is 130 Å². The van der Waals surface area contributed by atoms with E-state index in [9.17, 15) is 4.79 Å². The van der Waals surface area contributed by atoms with Crippen LogP contribution >= 0.6 is 11.8 Å². The third-order valence-electron chi connectivity index (χ3n) is 3.23. The summed E-state index contributed by atoms with van der Waals surface area (Å²) in [6.45, 7) is 4.14. The van der Waals surface area contributed by atoms with E-state index in [2.05, 4.69) is 32.0 Å². The van der Waals surface area contributed by atoms with Crippen molar-refractivity contribution in [1.82, 2.24) is 4.90 Å². The molecule has 21 heavy (non-hydrogen) atoms. The van der Waals surface area contributed by atoms with Crippen LogP contribution in [-0.4, -0.2) is 24.9 Å². The van der Waals surface area contributed by atoms with Crippen LogP contribution in [0, 0.1) is 13.8 Å². The second-order valence-electron chi connectivity index (χ2n) is 5.32. The molecule has 3 nitrogen and oxygen atoms in total. The predicted octanol–water partition coefficient (Wildman–Crippen LogP) is 3.74. The summed E-state index contributed by atoms with van der Waals surface area (Å²) in [5.41, 5.74) is 9.81. The van der Waals surface area contributed by atoms with Gasteiger partial charge in [0.1, 0.15) is 0 Å². The van der Waals surface area contributed by atoms with Crippen LogP contribution in [-0.2, 0) is 0 Å². The Morgan fingerprint density at radius 1 is 1.05 bits per heavy atom. The predicted molar refractivity (Wildman–Crippen MR) is 88.9 cm³/mol. The second kappa shape index (κ2) is 6.22. The molecule has 2 rings (SSSR count). The molecule has 2 N–H and O–H groups in total. The number of carbonyl (C=O) groups excluding carboxylic acids is 1. The molecule has 2 aromatic carbocycles. The van der Waals surface area contributed by atoms with E-state index < -0.39 is 0 Å². The topological polar surface area (TPSA) is 46.3 Å². The van der Waals surface area contributed by atoms with Crippen LogP contribution in [0.25, 0.3) is 0 Å². The van der Waals surface area contributed by atoms with Gasteiger partial charge >= 0.3 is 0 Å². The zero-order valence-corrected chi connectivity index (χ0v) is 13.6. The van der Waals surface area contributed by atoms with E-state index in [1.807, 2.05) is 6.07 Å². The minimum atomic E-state index is -0.0159. The smallest absolute Gasteiger partial charge is 0.253 e. The van der Waals surface area contributed by atoms with Gasteiger partial charge in [0.25, 0.3) is 5.91 Å². The number of aryl methyl sites for hydroxylation is 2. The van der Waals surface area contributed by atoms with Crippen LogP contribution in [0.1, 0.15) is 21.5 Å². The van der Waals surface area contributed by atoms with Gasteiger partial charge in [-0.2, -0.15) is 0 Å². The number of amides is 1. The highest BCUT2D eigenvalue weighted by molar-refractivity contribution is 7.99. The van der Waals surface area contributed by atoms with Crippen LogP contribution < -0.4 is 5.73 Å². The van der Waals surface area contributed by atoms with Gasteiger partial charge in [0.2, 0.25) is 0 Å². The Bertz CT molecular complexity index is 680. The molecule has 0 heterocycles. The maximum absolute atomic E-state index is 12.1. The highest BCUT2D eigenvalue weighted by Gasteiger charge is 2.12. The summed E-state index contributed by atoms with van der Waals surface area (Å²) < 4.78 is 0. The zero-order valence-electron chi connectivity index (χ0n) is 12.8. The number of hydrogen-bond acceptors (Lipinski definition) is 3. The first kappa shape index (κ1) is 15.4. The largest absolute Gasteiger partial charge is 0.398 e. The number of hydrogen-bond donors (Lipinski definition) is 1. The fourth-order valence-electron chi connectivity index (χ4n) is 1.95. The first-order valence-corrected chi connectivity index (χ1v) is 7.56. The van der Waals surface area contributed by atoms with Crippen molar-refractivity contribution >= 4 is 23.4 Å². The Kier molecular flexibility index (Phi) is 4.58. The fraction of sp³-hybridized carbons (Fsp3) is 0.235. The number of rotatable bonds is 3. The lowest BCUT2D eigenvalue weighted by Gasteiger charge is -2.13. The molecular formula is C17H20N2OS. The summed E-state index contributed by atoms with van der Waals surface area (Å²) in [6.07, 6.45) is 0. The fourth-order valence-corrected chi connectivity index (χ4v) is 3.03. The molecule has 0 aliphatic carbocycles. The second-order valence-corrected chi connectivity index (χ2v) is 6.41. The number of nitrogens with two attached hydrogens (primary N) is 1. The summed E-state index contributed by atoms with van der Waals surface area (Å²) in [5, 5.41) is 0. The molecule has 0 aliphatic rings. The van der Waals surface area contributed by atoms with Crippen molar-refractivity contribution in [3.8, 4) is 0 Å². The summed E-state index contributed by atoms with van der Waals surface area (Å²) in [4.78, 5) is 15.7. The Morgan fingerprint density at radius 2 is 1.76 bits per heavy atom.